The molecule has 6 nitrogen and oxygen atoms in total. The highest BCUT2D eigenvalue weighted by atomic mass is 15.1. The number of nitriles is 3. The van der Waals surface area contributed by atoms with E-state index in [0.29, 0.717) is 6.54 Å². The van der Waals surface area contributed by atoms with Crippen LogP contribution in [0.3, 0.4) is 0 Å². The van der Waals surface area contributed by atoms with Crippen LogP contribution in [0.4, 0.5) is 0 Å². The molecule has 0 spiro atoms. The normalized spacial score (nSPS) is 28.6. The smallest absolute Gasteiger partial charge is 0.204 e. The third-order valence-corrected chi connectivity index (χ3v) is 6.42. The number of rotatable bonds is 2. The molecule has 2 atom stereocenters. The van der Waals surface area contributed by atoms with E-state index < -0.39 is 11.3 Å². The molecule has 2 fully saturated rings. The van der Waals surface area contributed by atoms with Gasteiger partial charge in [-0.25, -0.2) is 0 Å². The summed E-state index contributed by atoms with van der Waals surface area (Å²) in [5, 5.41) is 38.2. The molecule has 2 aliphatic heterocycles. The third-order valence-electron chi connectivity index (χ3n) is 6.42. The molecule has 140 valence electrons. The Balaban J connectivity index is 2.14. The summed E-state index contributed by atoms with van der Waals surface area (Å²) in [7, 11) is 0. The van der Waals surface area contributed by atoms with Gasteiger partial charge in [-0.2, -0.15) is 15.8 Å². The number of nitrogens with one attached hydrogen (secondary N) is 1. The van der Waals surface area contributed by atoms with Crippen LogP contribution in [0.15, 0.2) is 22.8 Å². The van der Waals surface area contributed by atoms with Crippen molar-refractivity contribution in [3.05, 3.63) is 22.8 Å². The van der Waals surface area contributed by atoms with Crippen LogP contribution in [0.1, 0.15) is 26.7 Å². The fraction of sp³-hybridized carbons (Fsp3) is 0.619. The molecule has 0 aromatic rings. The molecule has 27 heavy (non-hydrogen) atoms. The van der Waals surface area contributed by atoms with Gasteiger partial charge in [-0.05, 0) is 37.1 Å². The molecular weight excluding hydrogens is 336 g/mol. The standard InChI is InChI=1S/C21H26N6/c1-3-26-8-5-15(6-9-26)19-16(11-22)20(25)21(13-23,14-24)18-7-10-27(4-2)12-17(18)19/h7,16-17,25H,3-6,8-10,12H2,1-2H3/t16?,17-/m1/s1. The van der Waals surface area contributed by atoms with Crippen LogP contribution >= 0.6 is 0 Å². The van der Waals surface area contributed by atoms with Crippen molar-refractivity contribution in [3.63, 3.8) is 0 Å². The van der Waals surface area contributed by atoms with Gasteiger partial charge in [0, 0.05) is 32.1 Å². The highest BCUT2D eigenvalue weighted by Crippen LogP contribution is 2.50. The average molecular weight is 362 g/mol. The molecule has 1 aliphatic carbocycles. The highest BCUT2D eigenvalue weighted by Gasteiger charge is 2.54. The molecule has 3 aliphatic rings. The monoisotopic (exact) mass is 362 g/mol. The van der Waals surface area contributed by atoms with Gasteiger partial charge >= 0.3 is 0 Å². The van der Waals surface area contributed by atoms with Crippen LogP contribution in [-0.4, -0.2) is 54.8 Å². The zero-order valence-electron chi connectivity index (χ0n) is 16.1. The van der Waals surface area contributed by atoms with Crippen LogP contribution in [0.25, 0.3) is 0 Å². The molecule has 0 aromatic heterocycles. The molecule has 0 amide bonds. The Morgan fingerprint density at radius 1 is 1.11 bits per heavy atom. The Morgan fingerprint density at radius 3 is 2.26 bits per heavy atom. The lowest BCUT2D eigenvalue weighted by molar-refractivity contribution is 0.252. The second-order valence-corrected chi connectivity index (χ2v) is 7.51. The molecule has 2 heterocycles. The second-order valence-electron chi connectivity index (χ2n) is 7.51. The first kappa shape index (κ1) is 19.3. The Kier molecular flexibility index (Phi) is 5.47. The Bertz CT molecular complexity index is 791. The summed E-state index contributed by atoms with van der Waals surface area (Å²) in [6, 6.07) is 6.47. The van der Waals surface area contributed by atoms with Crippen molar-refractivity contribution >= 4 is 5.71 Å². The highest BCUT2D eigenvalue weighted by molar-refractivity contribution is 6.03. The zero-order chi connectivity index (χ0) is 19.6. The number of hydrogen-bond donors (Lipinski definition) is 1. The first-order valence-corrected chi connectivity index (χ1v) is 9.74. The van der Waals surface area contributed by atoms with E-state index in [1.54, 1.807) is 0 Å². The van der Waals surface area contributed by atoms with Gasteiger partial charge in [0.2, 0.25) is 5.41 Å². The Labute approximate surface area is 161 Å². The van der Waals surface area contributed by atoms with Gasteiger partial charge in [0.25, 0.3) is 0 Å². The van der Waals surface area contributed by atoms with Gasteiger partial charge in [0.15, 0.2) is 0 Å². The largest absolute Gasteiger partial charge is 0.305 e. The van der Waals surface area contributed by atoms with Crippen molar-refractivity contribution in [1.82, 2.24) is 9.80 Å². The van der Waals surface area contributed by atoms with E-state index in [2.05, 4.69) is 41.9 Å². The predicted molar refractivity (Wildman–Crippen MR) is 103 cm³/mol. The van der Waals surface area contributed by atoms with Gasteiger partial charge in [0.1, 0.15) is 5.92 Å². The minimum Gasteiger partial charge on any atom is -0.305 e. The number of likely N-dealkylation sites (tertiary alicyclic amines) is 1. The quantitative estimate of drug-likeness (QED) is 0.760. The average Bonchev–Trinajstić information content (AvgIpc) is 2.73. The molecule has 0 radical (unpaired) electrons. The lowest BCUT2D eigenvalue weighted by atomic mass is 9.58. The van der Waals surface area contributed by atoms with Crippen molar-refractivity contribution in [2.45, 2.75) is 26.7 Å². The molecule has 1 N–H and O–H groups in total. The SMILES string of the molecule is CCN1CCC(=C2C(C#N)C(=N)C(C#N)(C#N)C3=CCN(CC)C[C@H]32)CC1. The predicted octanol–water partition coefficient (Wildman–Crippen LogP) is 2.48. The maximum atomic E-state index is 9.91. The lowest BCUT2D eigenvalue weighted by Crippen LogP contribution is -2.50. The van der Waals surface area contributed by atoms with Crippen molar-refractivity contribution in [2.24, 2.45) is 17.3 Å². The van der Waals surface area contributed by atoms with Gasteiger partial charge in [-0.15, -0.1) is 0 Å². The van der Waals surface area contributed by atoms with E-state index >= 15 is 0 Å². The van der Waals surface area contributed by atoms with Gasteiger partial charge in [0.05, 0.1) is 23.9 Å². The minimum atomic E-state index is -1.60. The van der Waals surface area contributed by atoms with Crippen LogP contribution in [0, 0.1) is 56.7 Å². The van der Waals surface area contributed by atoms with E-state index in [4.69, 9.17) is 5.41 Å². The molecule has 1 saturated carbocycles. The number of likely N-dealkylation sites (N-methyl/N-ethyl adjacent to an activating group) is 1. The fourth-order valence-corrected chi connectivity index (χ4v) is 4.76. The first-order chi connectivity index (χ1) is 13.1. The number of fused-ring (bicyclic) bond motifs is 1. The van der Waals surface area contributed by atoms with Crippen LogP contribution in [-0.2, 0) is 0 Å². The summed E-state index contributed by atoms with van der Waals surface area (Å²) in [5.74, 6) is -0.883. The molecule has 0 bridgehead atoms. The molecular formula is C21H26N6. The van der Waals surface area contributed by atoms with Crippen molar-refractivity contribution in [2.75, 3.05) is 39.3 Å². The topological polar surface area (TPSA) is 102 Å². The number of nitrogens with zero attached hydrogens (tertiary/aromatic N) is 5. The summed E-state index contributed by atoms with van der Waals surface area (Å²) >= 11 is 0. The summed E-state index contributed by atoms with van der Waals surface area (Å²) < 4.78 is 0. The van der Waals surface area contributed by atoms with E-state index in [-0.39, 0.29) is 11.6 Å². The second kappa shape index (κ2) is 7.65. The molecule has 6 heteroatoms. The van der Waals surface area contributed by atoms with Gasteiger partial charge in [-0.3, -0.25) is 4.90 Å². The van der Waals surface area contributed by atoms with E-state index in [1.165, 1.54) is 5.57 Å². The fourth-order valence-electron chi connectivity index (χ4n) is 4.76. The summed E-state index contributed by atoms with van der Waals surface area (Å²) in [6.07, 6.45) is 3.77. The van der Waals surface area contributed by atoms with Gasteiger partial charge in [-0.1, -0.05) is 25.5 Å². The maximum absolute atomic E-state index is 9.91. The van der Waals surface area contributed by atoms with Crippen LogP contribution < -0.4 is 0 Å². The van der Waals surface area contributed by atoms with E-state index in [9.17, 15) is 15.8 Å². The van der Waals surface area contributed by atoms with E-state index in [1.807, 2.05) is 6.08 Å². The minimum absolute atomic E-state index is 0.0529. The molecule has 1 unspecified atom stereocenters. The van der Waals surface area contributed by atoms with Gasteiger partial charge < -0.3 is 10.3 Å². The zero-order valence-corrected chi connectivity index (χ0v) is 16.1. The Morgan fingerprint density at radius 2 is 1.74 bits per heavy atom. The third kappa shape index (κ3) is 2.98. The molecule has 0 aromatic carbocycles. The maximum Gasteiger partial charge on any atom is 0.204 e. The van der Waals surface area contributed by atoms with Crippen molar-refractivity contribution in [1.29, 1.82) is 21.2 Å². The van der Waals surface area contributed by atoms with E-state index in [0.717, 1.165) is 56.7 Å². The number of piperidine rings is 1. The summed E-state index contributed by atoms with van der Waals surface area (Å²) in [4.78, 5) is 4.67. The van der Waals surface area contributed by atoms with Crippen molar-refractivity contribution < 1.29 is 0 Å². The molecule has 1 saturated heterocycles. The van der Waals surface area contributed by atoms with Crippen molar-refractivity contribution in [3.8, 4) is 18.2 Å². The first-order valence-electron chi connectivity index (χ1n) is 9.74. The summed E-state index contributed by atoms with van der Waals surface area (Å²) in [6.45, 7) is 9.48. The summed E-state index contributed by atoms with van der Waals surface area (Å²) in [5.41, 5.74) is 1.34. The number of hydrogen-bond acceptors (Lipinski definition) is 6. The molecule has 3 rings (SSSR count). The van der Waals surface area contributed by atoms with Crippen LogP contribution in [0.5, 0.6) is 0 Å². The van der Waals surface area contributed by atoms with Crippen LogP contribution in [0.2, 0.25) is 0 Å². The lowest BCUT2D eigenvalue weighted by Gasteiger charge is -2.45. The Hall–Kier alpha value is -2.46.